The third-order valence-corrected chi connectivity index (χ3v) is 4.27. The van der Waals surface area contributed by atoms with Crippen LogP contribution in [0.15, 0.2) is 18.2 Å². The van der Waals surface area contributed by atoms with Crippen molar-refractivity contribution in [1.82, 2.24) is 4.90 Å². The van der Waals surface area contributed by atoms with Gasteiger partial charge in [-0.1, -0.05) is 0 Å². The predicted octanol–water partition coefficient (Wildman–Crippen LogP) is 2.89. The maximum atomic E-state index is 11.0. The zero-order valence-corrected chi connectivity index (χ0v) is 12.9. The summed E-state index contributed by atoms with van der Waals surface area (Å²) < 4.78 is 5.40. The molecule has 1 aliphatic rings. The lowest BCUT2D eigenvalue weighted by Crippen LogP contribution is -2.54. The third kappa shape index (κ3) is 3.44. The van der Waals surface area contributed by atoms with Gasteiger partial charge >= 0.3 is 0 Å². The first kappa shape index (κ1) is 15.6. The Hall–Kier alpha value is -1.82. The summed E-state index contributed by atoms with van der Waals surface area (Å²) >= 11 is 0. The third-order valence-electron chi connectivity index (χ3n) is 4.27. The van der Waals surface area contributed by atoms with Crippen molar-refractivity contribution in [2.45, 2.75) is 31.7 Å². The monoisotopic (exact) mass is 293 g/mol. The molecule has 0 bridgehead atoms. The molecule has 6 heteroatoms. The molecule has 1 N–H and O–H groups in total. The van der Waals surface area contributed by atoms with Gasteiger partial charge in [0.25, 0.3) is 5.69 Å². The molecule has 0 amide bonds. The summed E-state index contributed by atoms with van der Waals surface area (Å²) in [7, 11) is 4.17. The predicted molar refractivity (Wildman–Crippen MR) is 83.0 cm³/mol. The minimum atomic E-state index is -0.390. The number of nitrogens with zero attached hydrogens (tertiary/aromatic N) is 2. The first-order chi connectivity index (χ1) is 9.97. The molecular formula is C15H23N3O3. The van der Waals surface area contributed by atoms with Gasteiger partial charge in [-0.2, -0.15) is 0 Å². The number of ether oxygens (including phenoxy) is 1. The minimum Gasteiger partial charge on any atom is -0.494 e. The Kier molecular flexibility index (Phi) is 4.67. The highest BCUT2D eigenvalue weighted by Gasteiger charge is 2.38. The van der Waals surface area contributed by atoms with Crippen molar-refractivity contribution < 1.29 is 9.66 Å². The molecule has 0 unspecified atom stereocenters. The average molecular weight is 293 g/mol. The summed E-state index contributed by atoms with van der Waals surface area (Å²) in [6.45, 7) is 3.14. The van der Waals surface area contributed by atoms with E-state index < -0.39 is 4.92 Å². The summed E-state index contributed by atoms with van der Waals surface area (Å²) in [5.41, 5.74) is 0.952. The largest absolute Gasteiger partial charge is 0.494 e. The Labute approximate surface area is 125 Å². The van der Waals surface area contributed by atoms with Crippen LogP contribution < -0.4 is 10.1 Å². The van der Waals surface area contributed by atoms with E-state index in [-0.39, 0.29) is 11.2 Å². The molecule has 6 nitrogen and oxygen atoms in total. The molecule has 0 radical (unpaired) electrons. The van der Waals surface area contributed by atoms with Gasteiger partial charge in [-0.15, -0.1) is 0 Å². The van der Waals surface area contributed by atoms with Crippen molar-refractivity contribution in [1.29, 1.82) is 0 Å². The lowest BCUT2D eigenvalue weighted by atomic mass is 9.75. The van der Waals surface area contributed by atoms with Crippen LogP contribution in [0.3, 0.4) is 0 Å². The number of nitrogens with one attached hydrogen (secondary N) is 1. The molecule has 0 aromatic heterocycles. The van der Waals surface area contributed by atoms with Gasteiger partial charge in [-0.25, -0.2) is 0 Å². The van der Waals surface area contributed by atoms with Crippen molar-refractivity contribution in [2.75, 3.05) is 32.6 Å². The van der Waals surface area contributed by atoms with Gasteiger partial charge in [0.1, 0.15) is 5.75 Å². The molecule has 0 heterocycles. The highest BCUT2D eigenvalue weighted by Crippen LogP contribution is 2.36. The van der Waals surface area contributed by atoms with Gasteiger partial charge in [0.05, 0.1) is 17.6 Å². The van der Waals surface area contributed by atoms with E-state index in [1.807, 2.05) is 13.0 Å². The van der Waals surface area contributed by atoms with Crippen LogP contribution in [-0.4, -0.2) is 42.6 Å². The van der Waals surface area contributed by atoms with Crippen molar-refractivity contribution >= 4 is 11.4 Å². The second-order valence-electron chi connectivity index (χ2n) is 5.73. The number of benzene rings is 1. The molecule has 0 aliphatic heterocycles. The lowest BCUT2D eigenvalue weighted by molar-refractivity contribution is -0.384. The van der Waals surface area contributed by atoms with Gasteiger partial charge in [0, 0.05) is 29.9 Å². The van der Waals surface area contributed by atoms with Crippen molar-refractivity contribution in [3.8, 4) is 5.75 Å². The van der Waals surface area contributed by atoms with E-state index in [2.05, 4.69) is 24.3 Å². The van der Waals surface area contributed by atoms with E-state index in [1.54, 1.807) is 6.07 Å². The Morgan fingerprint density at radius 3 is 2.57 bits per heavy atom. The normalized spacial score (nSPS) is 16.4. The van der Waals surface area contributed by atoms with E-state index in [0.29, 0.717) is 12.4 Å². The fourth-order valence-corrected chi connectivity index (χ4v) is 2.67. The highest BCUT2D eigenvalue weighted by molar-refractivity contribution is 5.56. The second-order valence-corrected chi connectivity index (χ2v) is 5.73. The smallest absolute Gasteiger partial charge is 0.275 e. The molecule has 1 fully saturated rings. The van der Waals surface area contributed by atoms with E-state index >= 15 is 0 Å². The standard InChI is InChI=1S/C15H23N3O3/c1-4-21-14-9-12(8-13(10-14)18(19)20)16-11-15(17(2)3)6-5-7-15/h8-10,16H,4-7,11H2,1-3H3. The second kappa shape index (κ2) is 6.30. The SMILES string of the molecule is CCOc1cc(NCC2(N(C)C)CCC2)cc([N+](=O)[O-])c1. The number of nitro groups is 1. The van der Waals surface area contributed by atoms with Crippen LogP contribution in [0.2, 0.25) is 0 Å². The van der Waals surface area contributed by atoms with Crippen molar-refractivity contribution in [2.24, 2.45) is 0 Å². The first-order valence-electron chi connectivity index (χ1n) is 7.30. The summed E-state index contributed by atoms with van der Waals surface area (Å²) in [5, 5.41) is 14.3. The summed E-state index contributed by atoms with van der Waals surface area (Å²) in [6.07, 6.45) is 3.54. The number of non-ortho nitro benzene ring substituents is 1. The molecule has 2 rings (SSSR count). The van der Waals surface area contributed by atoms with Crippen molar-refractivity contribution in [3.05, 3.63) is 28.3 Å². The molecule has 116 valence electrons. The molecule has 0 spiro atoms. The Morgan fingerprint density at radius 2 is 2.10 bits per heavy atom. The van der Waals surface area contributed by atoms with E-state index in [4.69, 9.17) is 4.74 Å². The molecule has 21 heavy (non-hydrogen) atoms. The number of hydrogen-bond acceptors (Lipinski definition) is 5. The van der Waals surface area contributed by atoms with Gasteiger partial charge in [-0.05, 0) is 40.3 Å². The first-order valence-corrected chi connectivity index (χ1v) is 7.30. The molecule has 0 atom stereocenters. The quantitative estimate of drug-likeness (QED) is 0.618. The summed E-state index contributed by atoms with van der Waals surface area (Å²) in [4.78, 5) is 12.9. The average Bonchev–Trinajstić information content (AvgIpc) is 2.37. The molecule has 1 aliphatic carbocycles. The number of hydrogen-bond donors (Lipinski definition) is 1. The summed E-state index contributed by atoms with van der Waals surface area (Å²) in [5.74, 6) is 0.529. The van der Waals surface area contributed by atoms with Crippen LogP contribution in [0, 0.1) is 10.1 Å². The number of likely N-dealkylation sites (N-methyl/N-ethyl adjacent to an activating group) is 1. The maximum Gasteiger partial charge on any atom is 0.275 e. The number of nitro benzene ring substituents is 1. The van der Waals surface area contributed by atoms with Gasteiger partial charge in [0.2, 0.25) is 0 Å². The Bertz CT molecular complexity index is 513. The van der Waals surface area contributed by atoms with Crippen molar-refractivity contribution in [3.63, 3.8) is 0 Å². The van der Waals surface area contributed by atoms with Gasteiger partial charge in [0.15, 0.2) is 0 Å². The van der Waals surface area contributed by atoms with Crippen LogP contribution in [0.1, 0.15) is 26.2 Å². The molecule has 1 aromatic carbocycles. The fourth-order valence-electron chi connectivity index (χ4n) is 2.67. The Balaban J connectivity index is 2.13. The van der Waals surface area contributed by atoms with Crippen LogP contribution in [0.25, 0.3) is 0 Å². The van der Waals surface area contributed by atoms with Gasteiger partial charge < -0.3 is 15.0 Å². The number of anilines is 1. The zero-order valence-electron chi connectivity index (χ0n) is 12.9. The Morgan fingerprint density at radius 1 is 1.38 bits per heavy atom. The molecule has 0 saturated heterocycles. The molecule has 1 saturated carbocycles. The highest BCUT2D eigenvalue weighted by atomic mass is 16.6. The topological polar surface area (TPSA) is 67.6 Å². The lowest BCUT2D eigenvalue weighted by Gasteiger charge is -2.47. The van der Waals surface area contributed by atoms with Crippen LogP contribution in [0.5, 0.6) is 5.75 Å². The van der Waals surface area contributed by atoms with Crippen LogP contribution >= 0.6 is 0 Å². The number of rotatable bonds is 7. The molecular weight excluding hydrogens is 270 g/mol. The van der Waals surface area contributed by atoms with E-state index in [0.717, 1.165) is 25.1 Å². The minimum absolute atomic E-state index is 0.0518. The van der Waals surface area contributed by atoms with Crippen LogP contribution in [0.4, 0.5) is 11.4 Å². The van der Waals surface area contributed by atoms with E-state index in [1.165, 1.54) is 12.5 Å². The fraction of sp³-hybridized carbons (Fsp3) is 0.600. The van der Waals surface area contributed by atoms with Gasteiger partial charge in [-0.3, -0.25) is 10.1 Å². The van der Waals surface area contributed by atoms with Crippen LogP contribution in [-0.2, 0) is 0 Å². The zero-order chi connectivity index (χ0) is 15.5. The maximum absolute atomic E-state index is 11.0. The van der Waals surface area contributed by atoms with E-state index in [9.17, 15) is 10.1 Å². The summed E-state index contributed by atoms with van der Waals surface area (Å²) in [6, 6.07) is 4.84. The molecule has 1 aromatic rings.